The van der Waals surface area contributed by atoms with Crippen LogP contribution in [0.1, 0.15) is 68.7 Å². The fraction of sp³-hybridized carbons (Fsp3) is 0.414. The van der Waals surface area contributed by atoms with Gasteiger partial charge in [0.2, 0.25) is 5.91 Å². The number of nitrogens with one attached hydrogen (secondary N) is 1. The van der Waals surface area contributed by atoms with Crippen LogP contribution in [0, 0.1) is 12.8 Å². The Balaban J connectivity index is 1.85. The molecule has 2 amide bonds. The van der Waals surface area contributed by atoms with Crippen molar-refractivity contribution in [3.8, 4) is 5.69 Å². The summed E-state index contributed by atoms with van der Waals surface area (Å²) in [4.78, 5) is 28.1. The van der Waals surface area contributed by atoms with Crippen LogP contribution in [0.5, 0.6) is 0 Å². The average molecular weight is 475 g/mol. The molecule has 0 aliphatic heterocycles. The molecule has 186 valence electrons. The van der Waals surface area contributed by atoms with Gasteiger partial charge in [-0.3, -0.25) is 9.59 Å². The molecule has 0 atom stereocenters. The zero-order valence-electron chi connectivity index (χ0n) is 22.1. The summed E-state index contributed by atoms with van der Waals surface area (Å²) in [6.45, 7) is 14.9. The summed E-state index contributed by atoms with van der Waals surface area (Å²) in [7, 11) is 0. The first kappa shape index (κ1) is 26.2. The van der Waals surface area contributed by atoms with Crippen LogP contribution in [-0.4, -0.2) is 39.6 Å². The van der Waals surface area contributed by atoms with Gasteiger partial charge in [-0.25, -0.2) is 4.68 Å². The molecule has 0 aliphatic carbocycles. The van der Waals surface area contributed by atoms with Gasteiger partial charge in [-0.2, -0.15) is 5.10 Å². The highest BCUT2D eigenvalue weighted by Gasteiger charge is 2.24. The Morgan fingerprint density at radius 3 is 2.20 bits per heavy atom. The molecule has 0 fully saturated rings. The number of aromatic nitrogens is 2. The largest absolute Gasteiger partial charge is 0.329 e. The van der Waals surface area contributed by atoms with Crippen molar-refractivity contribution in [1.82, 2.24) is 14.7 Å². The van der Waals surface area contributed by atoms with E-state index in [9.17, 15) is 9.59 Å². The van der Waals surface area contributed by atoms with E-state index in [2.05, 4.69) is 33.0 Å². The van der Waals surface area contributed by atoms with Gasteiger partial charge in [-0.1, -0.05) is 71.4 Å². The maximum atomic E-state index is 13.3. The van der Waals surface area contributed by atoms with E-state index in [1.165, 1.54) is 5.56 Å². The van der Waals surface area contributed by atoms with Gasteiger partial charge in [0.05, 0.1) is 11.4 Å². The van der Waals surface area contributed by atoms with Crippen LogP contribution in [-0.2, 0) is 16.6 Å². The summed E-state index contributed by atoms with van der Waals surface area (Å²) in [5.41, 5.74) is 4.48. The SMILES string of the molecule is CCc1ccc(C(=O)N(CC(=O)Nc2cc(C(C)(C)C)nn2-c2ccc(C)cc2)CC(C)C)cc1. The van der Waals surface area contributed by atoms with Gasteiger partial charge in [-0.05, 0) is 49.1 Å². The van der Waals surface area contributed by atoms with Crippen molar-refractivity contribution < 1.29 is 9.59 Å². The molecule has 0 saturated heterocycles. The second kappa shape index (κ2) is 10.9. The molecule has 6 nitrogen and oxygen atoms in total. The topological polar surface area (TPSA) is 67.2 Å². The van der Waals surface area contributed by atoms with E-state index in [1.54, 1.807) is 9.58 Å². The Kier molecular flexibility index (Phi) is 8.15. The molecule has 1 N–H and O–H groups in total. The zero-order chi connectivity index (χ0) is 25.8. The van der Waals surface area contributed by atoms with E-state index < -0.39 is 0 Å². The quantitative estimate of drug-likeness (QED) is 0.450. The smallest absolute Gasteiger partial charge is 0.254 e. The molecule has 35 heavy (non-hydrogen) atoms. The maximum absolute atomic E-state index is 13.3. The van der Waals surface area contributed by atoms with Crippen molar-refractivity contribution in [1.29, 1.82) is 0 Å². The number of rotatable bonds is 8. The molecule has 0 aliphatic rings. The first-order valence-electron chi connectivity index (χ1n) is 12.3. The fourth-order valence-electron chi connectivity index (χ4n) is 3.80. The predicted molar refractivity (Wildman–Crippen MR) is 142 cm³/mol. The highest BCUT2D eigenvalue weighted by Crippen LogP contribution is 2.26. The predicted octanol–water partition coefficient (Wildman–Crippen LogP) is 5.78. The first-order chi connectivity index (χ1) is 16.5. The number of carbonyl (C=O) groups is 2. The lowest BCUT2D eigenvalue weighted by Gasteiger charge is -2.24. The van der Waals surface area contributed by atoms with Crippen molar-refractivity contribution in [2.24, 2.45) is 5.92 Å². The third kappa shape index (κ3) is 6.81. The van der Waals surface area contributed by atoms with Gasteiger partial charge in [0.25, 0.3) is 5.91 Å². The van der Waals surface area contributed by atoms with Gasteiger partial charge in [0.1, 0.15) is 12.4 Å². The van der Waals surface area contributed by atoms with Crippen LogP contribution in [0.4, 0.5) is 5.82 Å². The van der Waals surface area contributed by atoms with E-state index in [4.69, 9.17) is 5.10 Å². The average Bonchev–Trinajstić information content (AvgIpc) is 3.22. The van der Waals surface area contributed by atoms with Crippen LogP contribution < -0.4 is 5.32 Å². The number of hydrogen-bond donors (Lipinski definition) is 1. The molecule has 1 heterocycles. The van der Waals surface area contributed by atoms with Crippen molar-refractivity contribution in [2.45, 2.75) is 60.3 Å². The molecule has 2 aromatic carbocycles. The summed E-state index contributed by atoms with van der Waals surface area (Å²) in [5.74, 6) is 0.428. The van der Waals surface area contributed by atoms with Crippen LogP contribution in [0.25, 0.3) is 5.69 Å². The zero-order valence-corrected chi connectivity index (χ0v) is 22.1. The third-order valence-corrected chi connectivity index (χ3v) is 5.84. The molecule has 3 rings (SSSR count). The van der Waals surface area contributed by atoms with Crippen LogP contribution >= 0.6 is 0 Å². The molecule has 0 saturated carbocycles. The first-order valence-corrected chi connectivity index (χ1v) is 12.3. The third-order valence-electron chi connectivity index (χ3n) is 5.84. The Labute approximate surface area is 209 Å². The van der Waals surface area contributed by atoms with E-state index in [1.807, 2.05) is 75.4 Å². The molecule has 1 aromatic heterocycles. The van der Waals surface area contributed by atoms with E-state index in [0.29, 0.717) is 17.9 Å². The van der Waals surface area contributed by atoms with E-state index in [-0.39, 0.29) is 29.7 Å². The monoisotopic (exact) mass is 474 g/mol. The van der Waals surface area contributed by atoms with Crippen molar-refractivity contribution in [3.63, 3.8) is 0 Å². The van der Waals surface area contributed by atoms with E-state index in [0.717, 1.165) is 23.4 Å². The normalized spacial score (nSPS) is 11.5. The summed E-state index contributed by atoms with van der Waals surface area (Å²) in [6, 6.07) is 17.5. The fourth-order valence-corrected chi connectivity index (χ4v) is 3.80. The molecule has 6 heteroatoms. The lowest BCUT2D eigenvalue weighted by Crippen LogP contribution is -2.40. The van der Waals surface area contributed by atoms with Gasteiger partial charge in [0.15, 0.2) is 0 Å². The highest BCUT2D eigenvalue weighted by atomic mass is 16.2. The van der Waals surface area contributed by atoms with Gasteiger partial charge in [0, 0.05) is 23.6 Å². The summed E-state index contributed by atoms with van der Waals surface area (Å²) in [6.07, 6.45) is 0.914. The summed E-state index contributed by atoms with van der Waals surface area (Å²) in [5, 5.41) is 7.79. The number of nitrogens with zero attached hydrogens (tertiary/aromatic N) is 3. The van der Waals surface area contributed by atoms with Crippen LogP contribution in [0.15, 0.2) is 54.6 Å². The number of aryl methyl sites for hydroxylation is 2. The van der Waals surface area contributed by atoms with Crippen molar-refractivity contribution in [3.05, 3.63) is 77.0 Å². The number of amides is 2. The van der Waals surface area contributed by atoms with Crippen LogP contribution in [0.3, 0.4) is 0 Å². The Bertz CT molecular complexity index is 1150. The molecule has 0 radical (unpaired) electrons. The Morgan fingerprint density at radius 2 is 1.66 bits per heavy atom. The summed E-state index contributed by atoms with van der Waals surface area (Å²) >= 11 is 0. The van der Waals surface area contributed by atoms with Crippen molar-refractivity contribution >= 4 is 17.6 Å². The minimum absolute atomic E-state index is 0.0313. The minimum atomic E-state index is -0.252. The standard InChI is InChI=1S/C29H38N4O2/c1-8-22-11-13-23(14-12-22)28(35)32(18-20(2)3)19-27(34)30-26-17-25(29(5,6)7)31-33(26)24-15-9-21(4)10-16-24/h9-17,20H,8,18-19H2,1-7H3,(H,30,34). The maximum Gasteiger partial charge on any atom is 0.254 e. The Morgan fingerprint density at radius 1 is 1.03 bits per heavy atom. The molecular formula is C29H38N4O2. The lowest BCUT2D eigenvalue weighted by molar-refractivity contribution is -0.117. The number of benzene rings is 2. The molecule has 0 bridgehead atoms. The number of hydrogen-bond acceptors (Lipinski definition) is 3. The second-order valence-electron chi connectivity index (χ2n) is 10.6. The number of carbonyl (C=O) groups excluding carboxylic acids is 2. The lowest BCUT2D eigenvalue weighted by atomic mass is 9.92. The second-order valence-corrected chi connectivity index (χ2v) is 10.6. The van der Waals surface area contributed by atoms with Crippen LogP contribution in [0.2, 0.25) is 0 Å². The van der Waals surface area contributed by atoms with E-state index >= 15 is 0 Å². The molecule has 0 spiro atoms. The van der Waals surface area contributed by atoms with Crippen molar-refractivity contribution in [2.75, 3.05) is 18.4 Å². The minimum Gasteiger partial charge on any atom is -0.329 e. The van der Waals surface area contributed by atoms with Gasteiger partial charge < -0.3 is 10.2 Å². The molecule has 3 aromatic rings. The number of anilines is 1. The summed E-state index contributed by atoms with van der Waals surface area (Å²) < 4.78 is 1.76. The highest BCUT2D eigenvalue weighted by molar-refractivity contribution is 5.99. The Hall–Kier alpha value is -3.41. The van der Waals surface area contributed by atoms with Gasteiger partial charge >= 0.3 is 0 Å². The molecular weight excluding hydrogens is 436 g/mol. The molecule has 0 unspecified atom stereocenters. The van der Waals surface area contributed by atoms with Gasteiger partial charge in [-0.15, -0.1) is 0 Å².